The van der Waals surface area contributed by atoms with E-state index in [0.717, 1.165) is 30.8 Å². The van der Waals surface area contributed by atoms with Crippen molar-refractivity contribution >= 4 is 11.4 Å². The molecule has 1 heterocycles. The van der Waals surface area contributed by atoms with Crippen LogP contribution in [0.2, 0.25) is 0 Å². The second kappa shape index (κ2) is 5.65. The molecule has 0 aromatic heterocycles. The summed E-state index contributed by atoms with van der Waals surface area (Å²) in [5.74, 6) is 0. The van der Waals surface area contributed by atoms with Gasteiger partial charge in [-0.3, -0.25) is 0 Å². The Morgan fingerprint density at radius 2 is 1.95 bits per heavy atom. The summed E-state index contributed by atoms with van der Waals surface area (Å²) >= 11 is 0. The van der Waals surface area contributed by atoms with E-state index in [2.05, 4.69) is 24.1 Å². The maximum absolute atomic E-state index is 6.20. The Hall–Kier alpha value is -1.22. The zero-order chi connectivity index (χ0) is 14.0. The fraction of sp³-hybridized carbons (Fsp3) is 0.647. The van der Waals surface area contributed by atoms with Gasteiger partial charge in [0.2, 0.25) is 0 Å². The number of anilines is 2. The minimum atomic E-state index is 0.152. The lowest BCUT2D eigenvalue weighted by Crippen LogP contribution is -2.48. The first kappa shape index (κ1) is 13.7. The fourth-order valence-electron chi connectivity index (χ4n) is 3.88. The Kier molecular flexibility index (Phi) is 3.88. The van der Waals surface area contributed by atoms with Crippen LogP contribution in [-0.4, -0.2) is 25.3 Å². The van der Waals surface area contributed by atoms with Crippen molar-refractivity contribution in [2.45, 2.75) is 56.6 Å². The van der Waals surface area contributed by atoms with Crippen molar-refractivity contribution in [2.24, 2.45) is 0 Å². The Morgan fingerprint density at radius 3 is 2.70 bits per heavy atom. The van der Waals surface area contributed by atoms with Crippen molar-refractivity contribution in [1.82, 2.24) is 0 Å². The van der Waals surface area contributed by atoms with Crippen LogP contribution in [0.3, 0.4) is 0 Å². The molecule has 0 amide bonds. The SMILES string of the molecule is CN(c1ccccc1N)C1CCOC2(CCCCC2)C1. The number of benzene rings is 1. The molecule has 3 nitrogen and oxygen atoms in total. The molecule has 1 unspecified atom stereocenters. The fourth-order valence-corrected chi connectivity index (χ4v) is 3.88. The molecule has 1 aromatic rings. The van der Waals surface area contributed by atoms with Crippen LogP contribution in [0.1, 0.15) is 44.9 Å². The zero-order valence-corrected chi connectivity index (χ0v) is 12.5. The molecule has 1 spiro atoms. The van der Waals surface area contributed by atoms with Gasteiger partial charge in [-0.15, -0.1) is 0 Å². The van der Waals surface area contributed by atoms with Crippen LogP contribution in [0.25, 0.3) is 0 Å². The largest absolute Gasteiger partial charge is 0.397 e. The van der Waals surface area contributed by atoms with Gasteiger partial charge in [0.1, 0.15) is 0 Å². The Labute approximate surface area is 122 Å². The first-order valence-corrected chi connectivity index (χ1v) is 7.92. The Balaban J connectivity index is 1.75. The first-order valence-electron chi connectivity index (χ1n) is 7.92. The number of hydrogen-bond donors (Lipinski definition) is 1. The standard InChI is InChI=1S/C17H26N2O/c1-19(16-8-4-3-7-15(16)18)14-9-12-20-17(13-14)10-5-2-6-11-17/h3-4,7-8,14H,2,5-6,9-13,18H2,1H3. The third-order valence-corrected chi connectivity index (χ3v) is 5.10. The van der Waals surface area contributed by atoms with E-state index in [0.29, 0.717) is 6.04 Å². The van der Waals surface area contributed by atoms with Crippen molar-refractivity contribution in [2.75, 3.05) is 24.3 Å². The average Bonchev–Trinajstić information content (AvgIpc) is 2.48. The van der Waals surface area contributed by atoms with E-state index in [1.54, 1.807) is 0 Å². The summed E-state index contributed by atoms with van der Waals surface area (Å²) in [5.41, 5.74) is 8.31. The maximum Gasteiger partial charge on any atom is 0.0702 e. The normalized spacial score (nSPS) is 25.6. The molecule has 0 radical (unpaired) electrons. The Morgan fingerprint density at radius 1 is 1.20 bits per heavy atom. The quantitative estimate of drug-likeness (QED) is 0.838. The van der Waals surface area contributed by atoms with Crippen LogP contribution < -0.4 is 10.6 Å². The van der Waals surface area contributed by atoms with E-state index in [-0.39, 0.29) is 5.60 Å². The van der Waals surface area contributed by atoms with Crippen LogP contribution in [-0.2, 0) is 4.74 Å². The van der Waals surface area contributed by atoms with E-state index < -0.39 is 0 Å². The molecule has 2 aliphatic rings. The van der Waals surface area contributed by atoms with Crippen LogP contribution in [0, 0.1) is 0 Å². The molecule has 3 rings (SSSR count). The zero-order valence-electron chi connectivity index (χ0n) is 12.5. The number of para-hydroxylation sites is 2. The summed E-state index contributed by atoms with van der Waals surface area (Å²) in [6.45, 7) is 0.891. The smallest absolute Gasteiger partial charge is 0.0702 e. The van der Waals surface area contributed by atoms with Crippen LogP contribution in [0.15, 0.2) is 24.3 Å². The van der Waals surface area contributed by atoms with Gasteiger partial charge < -0.3 is 15.4 Å². The van der Waals surface area contributed by atoms with E-state index in [1.807, 2.05) is 12.1 Å². The summed E-state index contributed by atoms with van der Waals surface area (Å²) in [7, 11) is 2.18. The van der Waals surface area contributed by atoms with E-state index in [9.17, 15) is 0 Å². The van der Waals surface area contributed by atoms with Gasteiger partial charge in [0, 0.05) is 19.7 Å². The predicted molar refractivity (Wildman–Crippen MR) is 84.0 cm³/mol. The number of rotatable bonds is 2. The molecular weight excluding hydrogens is 248 g/mol. The highest BCUT2D eigenvalue weighted by Gasteiger charge is 2.39. The second-order valence-corrected chi connectivity index (χ2v) is 6.41. The van der Waals surface area contributed by atoms with E-state index >= 15 is 0 Å². The van der Waals surface area contributed by atoms with Gasteiger partial charge in [-0.1, -0.05) is 31.4 Å². The number of ether oxygens (including phenoxy) is 1. The lowest BCUT2D eigenvalue weighted by molar-refractivity contribution is -0.105. The third-order valence-electron chi connectivity index (χ3n) is 5.10. The number of hydrogen-bond acceptors (Lipinski definition) is 3. The van der Waals surface area contributed by atoms with Crippen molar-refractivity contribution in [3.63, 3.8) is 0 Å². The molecule has 2 N–H and O–H groups in total. The summed E-state index contributed by atoms with van der Waals surface area (Å²) in [6, 6.07) is 8.73. The van der Waals surface area contributed by atoms with Gasteiger partial charge in [-0.25, -0.2) is 0 Å². The summed E-state index contributed by atoms with van der Waals surface area (Å²) in [6.07, 6.45) is 8.75. The van der Waals surface area contributed by atoms with Gasteiger partial charge in [0.15, 0.2) is 0 Å². The van der Waals surface area contributed by atoms with Crippen molar-refractivity contribution in [3.05, 3.63) is 24.3 Å². The number of nitrogens with zero attached hydrogens (tertiary/aromatic N) is 1. The lowest BCUT2D eigenvalue weighted by atomic mass is 9.78. The van der Waals surface area contributed by atoms with Crippen molar-refractivity contribution in [1.29, 1.82) is 0 Å². The lowest BCUT2D eigenvalue weighted by Gasteiger charge is -2.46. The highest BCUT2D eigenvalue weighted by Crippen LogP contribution is 2.40. The van der Waals surface area contributed by atoms with E-state index in [4.69, 9.17) is 10.5 Å². The number of nitrogen functional groups attached to an aromatic ring is 1. The molecule has 1 aliphatic heterocycles. The van der Waals surface area contributed by atoms with Gasteiger partial charge >= 0.3 is 0 Å². The van der Waals surface area contributed by atoms with Gasteiger partial charge in [-0.2, -0.15) is 0 Å². The molecule has 1 aromatic carbocycles. The topological polar surface area (TPSA) is 38.5 Å². The molecule has 1 atom stereocenters. The number of nitrogens with two attached hydrogens (primary N) is 1. The molecule has 1 saturated heterocycles. The van der Waals surface area contributed by atoms with Gasteiger partial charge in [0.25, 0.3) is 0 Å². The minimum Gasteiger partial charge on any atom is -0.397 e. The third kappa shape index (κ3) is 2.64. The van der Waals surface area contributed by atoms with Gasteiger partial charge in [0.05, 0.1) is 17.0 Å². The van der Waals surface area contributed by atoms with Crippen LogP contribution in [0.4, 0.5) is 11.4 Å². The highest BCUT2D eigenvalue weighted by molar-refractivity contribution is 5.67. The van der Waals surface area contributed by atoms with Crippen LogP contribution >= 0.6 is 0 Å². The molecule has 0 bridgehead atoms. The molecular formula is C17H26N2O. The van der Waals surface area contributed by atoms with Gasteiger partial charge in [-0.05, 0) is 37.8 Å². The molecule has 20 heavy (non-hydrogen) atoms. The molecule has 1 aliphatic carbocycles. The molecule has 110 valence electrons. The maximum atomic E-state index is 6.20. The molecule has 1 saturated carbocycles. The molecule has 2 fully saturated rings. The van der Waals surface area contributed by atoms with E-state index in [1.165, 1.54) is 32.1 Å². The predicted octanol–water partition coefficient (Wildman–Crippen LogP) is 3.59. The highest BCUT2D eigenvalue weighted by atomic mass is 16.5. The minimum absolute atomic E-state index is 0.152. The summed E-state index contributed by atoms with van der Waals surface area (Å²) in [5, 5.41) is 0. The summed E-state index contributed by atoms with van der Waals surface area (Å²) < 4.78 is 6.20. The Bertz CT molecular complexity index is 449. The average molecular weight is 274 g/mol. The molecule has 3 heteroatoms. The van der Waals surface area contributed by atoms with Crippen LogP contribution in [0.5, 0.6) is 0 Å². The monoisotopic (exact) mass is 274 g/mol. The van der Waals surface area contributed by atoms with Crippen molar-refractivity contribution in [3.8, 4) is 0 Å². The second-order valence-electron chi connectivity index (χ2n) is 6.41. The van der Waals surface area contributed by atoms with Crippen molar-refractivity contribution < 1.29 is 4.74 Å². The summed E-state index contributed by atoms with van der Waals surface area (Å²) in [4.78, 5) is 2.37. The first-order chi connectivity index (χ1) is 9.70.